The predicted molar refractivity (Wildman–Crippen MR) is 162 cm³/mol. The van der Waals surface area contributed by atoms with Gasteiger partial charge in [-0.05, 0) is 56.0 Å². The number of hydrogen-bond acceptors (Lipinski definition) is 4. The number of benzene rings is 3. The Morgan fingerprint density at radius 3 is 2.17 bits per heavy atom. The van der Waals surface area contributed by atoms with Gasteiger partial charge in [0, 0.05) is 37.0 Å². The monoisotopic (exact) mass is 583 g/mol. The number of sulfonamides is 1. The molecule has 3 aromatic rings. The zero-order chi connectivity index (χ0) is 29.3. The third-order valence-corrected chi connectivity index (χ3v) is 8.09. The van der Waals surface area contributed by atoms with Crippen LogP contribution in [0.4, 0.5) is 5.69 Å². The topological polar surface area (TPSA) is 86.8 Å². The molecular formula is C31H38ClN3O4S. The van der Waals surface area contributed by atoms with E-state index in [0.29, 0.717) is 17.1 Å². The van der Waals surface area contributed by atoms with Crippen LogP contribution in [0.1, 0.15) is 43.4 Å². The lowest BCUT2D eigenvalue weighted by Crippen LogP contribution is -2.51. The fourth-order valence-corrected chi connectivity index (χ4v) is 5.79. The second kappa shape index (κ2) is 14.3. The molecule has 0 fully saturated rings. The number of nitrogens with one attached hydrogen (secondary N) is 1. The Bertz CT molecular complexity index is 1400. The lowest BCUT2D eigenvalue weighted by Gasteiger charge is -2.32. The standard InChI is InChI=1S/C31H38ClN3O4S/c1-23(2)33-31(37)29(21-25-14-6-5-7-15-25)34(22-26-16-9-10-17-27(26)32)30(36)19-12-20-35(40(4,38)39)28-18-11-8-13-24(28)3/h5-11,13-18,23,29H,12,19-22H2,1-4H3,(H,33,37). The molecule has 3 aromatic carbocycles. The molecule has 0 aliphatic heterocycles. The first-order chi connectivity index (χ1) is 19.0. The Hall–Kier alpha value is -3.36. The number of halogens is 1. The zero-order valence-corrected chi connectivity index (χ0v) is 25.1. The maximum absolute atomic E-state index is 13.9. The van der Waals surface area contributed by atoms with Crippen LogP contribution in [0.15, 0.2) is 78.9 Å². The molecule has 0 spiro atoms. The van der Waals surface area contributed by atoms with Gasteiger partial charge in [0.2, 0.25) is 21.8 Å². The van der Waals surface area contributed by atoms with E-state index in [2.05, 4.69) is 5.32 Å². The molecule has 0 aliphatic carbocycles. The van der Waals surface area contributed by atoms with Crippen molar-refractivity contribution >= 4 is 39.1 Å². The molecule has 214 valence electrons. The van der Waals surface area contributed by atoms with E-state index in [1.165, 1.54) is 4.31 Å². The van der Waals surface area contributed by atoms with Gasteiger partial charge in [-0.1, -0.05) is 78.3 Å². The summed E-state index contributed by atoms with van der Waals surface area (Å²) in [6, 6.07) is 23.2. The highest BCUT2D eigenvalue weighted by atomic mass is 35.5. The number of anilines is 1. The Balaban J connectivity index is 1.90. The highest BCUT2D eigenvalue weighted by molar-refractivity contribution is 7.92. The van der Waals surface area contributed by atoms with E-state index in [4.69, 9.17) is 11.6 Å². The van der Waals surface area contributed by atoms with Crippen molar-refractivity contribution in [3.8, 4) is 0 Å². The van der Waals surface area contributed by atoms with E-state index in [1.807, 2.05) is 81.4 Å². The van der Waals surface area contributed by atoms with E-state index < -0.39 is 16.1 Å². The van der Waals surface area contributed by atoms with Gasteiger partial charge in [-0.3, -0.25) is 13.9 Å². The number of hydrogen-bond donors (Lipinski definition) is 1. The average Bonchev–Trinajstić information content (AvgIpc) is 2.89. The van der Waals surface area contributed by atoms with Crippen molar-refractivity contribution in [2.24, 2.45) is 0 Å². The van der Waals surface area contributed by atoms with Crippen LogP contribution in [0.25, 0.3) is 0 Å². The first kappa shape index (κ1) is 31.2. The lowest BCUT2D eigenvalue weighted by atomic mass is 10.0. The van der Waals surface area contributed by atoms with Crippen LogP contribution in [-0.2, 0) is 32.6 Å². The minimum absolute atomic E-state index is 0.0581. The maximum Gasteiger partial charge on any atom is 0.243 e. The van der Waals surface area contributed by atoms with E-state index in [-0.39, 0.29) is 43.8 Å². The minimum atomic E-state index is -3.57. The fraction of sp³-hybridized carbons (Fsp3) is 0.355. The zero-order valence-electron chi connectivity index (χ0n) is 23.5. The molecule has 1 atom stereocenters. The van der Waals surface area contributed by atoms with Crippen LogP contribution in [-0.4, -0.2) is 50.0 Å². The minimum Gasteiger partial charge on any atom is -0.352 e. The van der Waals surface area contributed by atoms with Crippen LogP contribution in [0, 0.1) is 6.92 Å². The molecule has 1 unspecified atom stereocenters. The SMILES string of the molecule is Cc1ccccc1N(CCCC(=O)N(Cc1ccccc1Cl)C(Cc1ccccc1)C(=O)NC(C)C)S(C)(=O)=O. The van der Waals surface area contributed by atoms with Crippen molar-refractivity contribution in [3.63, 3.8) is 0 Å². The van der Waals surface area contributed by atoms with Gasteiger partial charge in [-0.2, -0.15) is 0 Å². The van der Waals surface area contributed by atoms with Crippen molar-refractivity contribution in [2.75, 3.05) is 17.1 Å². The number of carbonyl (C=O) groups excluding carboxylic acids is 2. The molecule has 0 saturated heterocycles. The first-order valence-corrected chi connectivity index (χ1v) is 15.6. The van der Waals surface area contributed by atoms with Gasteiger partial charge in [0.25, 0.3) is 0 Å². The van der Waals surface area contributed by atoms with Crippen LogP contribution < -0.4 is 9.62 Å². The van der Waals surface area contributed by atoms with Crippen LogP contribution in [0.3, 0.4) is 0 Å². The summed E-state index contributed by atoms with van der Waals surface area (Å²) in [5.41, 5.74) is 3.06. The highest BCUT2D eigenvalue weighted by Crippen LogP contribution is 2.24. The van der Waals surface area contributed by atoms with Gasteiger partial charge in [-0.25, -0.2) is 8.42 Å². The first-order valence-electron chi connectivity index (χ1n) is 13.4. The molecular weight excluding hydrogens is 546 g/mol. The number of amides is 2. The highest BCUT2D eigenvalue weighted by Gasteiger charge is 2.31. The summed E-state index contributed by atoms with van der Waals surface area (Å²) in [6.45, 7) is 5.89. The molecule has 2 amide bonds. The Kier molecular flexibility index (Phi) is 11.2. The normalized spacial score (nSPS) is 12.2. The molecule has 7 nitrogen and oxygen atoms in total. The Labute approximate surface area is 243 Å². The Morgan fingerprint density at radius 1 is 0.925 bits per heavy atom. The molecule has 0 bridgehead atoms. The van der Waals surface area contributed by atoms with E-state index in [9.17, 15) is 18.0 Å². The van der Waals surface area contributed by atoms with Crippen LogP contribution in [0.5, 0.6) is 0 Å². The van der Waals surface area contributed by atoms with Gasteiger partial charge in [0.1, 0.15) is 6.04 Å². The fourth-order valence-electron chi connectivity index (χ4n) is 4.57. The predicted octanol–water partition coefficient (Wildman–Crippen LogP) is 5.36. The Morgan fingerprint density at radius 2 is 1.55 bits per heavy atom. The second-order valence-corrected chi connectivity index (χ2v) is 12.5. The quantitative estimate of drug-likeness (QED) is 0.293. The van der Waals surface area contributed by atoms with Gasteiger partial charge < -0.3 is 10.2 Å². The van der Waals surface area contributed by atoms with E-state index in [0.717, 1.165) is 22.9 Å². The third kappa shape index (κ3) is 8.83. The van der Waals surface area contributed by atoms with Crippen molar-refractivity contribution in [3.05, 3.63) is 101 Å². The summed E-state index contributed by atoms with van der Waals surface area (Å²) < 4.78 is 26.6. The summed E-state index contributed by atoms with van der Waals surface area (Å²) in [6.07, 6.45) is 1.83. The van der Waals surface area contributed by atoms with E-state index in [1.54, 1.807) is 23.1 Å². The molecule has 40 heavy (non-hydrogen) atoms. The van der Waals surface area contributed by atoms with E-state index >= 15 is 0 Å². The second-order valence-electron chi connectivity index (χ2n) is 10.2. The molecule has 1 N–H and O–H groups in total. The molecule has 0 saturated carbocycles. The van der Waals surface area contributed by atoms with Crippen molar-refractivity contribution < 1.29 is 18.0 Å². The molecule has 9 heteroatoms. The molecule has 0 aromatic heterocycles. The number of carbonyl (C=O) groups is 2. The van der Waals surface area contributed by atoms with Crippen LogP contribution >= 0.6 is 11.6 Å². The van der Waals surface area contributed by atoms with Crippen molar-refractivity contribution in [1.29, 1.82) is 0 Å². The molecule has 0 radical (unpaired) electrons. The lowest BCUT2D eigenvalue weighted by molar-refractivity contribution is -0.141. The molecule has 0 aliphatic rings. The van der Waals surface area contributed by atoms with Crippen molar-refractivity contribution in [2.45, 2.75) is 58.7 Å². The summed E-state index contributed by atoms with van der Waals surface area (Å²) in [7, 11) is -3.57. The number of para-hydroxylation sites is 1. The van der Waals surface area contributed by atoms with Gasteiger partial charge in [-0.15, -0.1) is 0 Å². The van der Waals surface area contributed by atoms with Gasteiger partial charge in [0.05, 0.1) is 11.9 Å². The maximum atomic E-state index is 13.9. The van der Waals surface area contributed by atoms with Crippen LogP contribution in [0.2, 0.25) is 5.02 Å². The molecule has 3 rings (SSSR count). The average molecular weight is 584 g/mol. The third-order valence-electron chi connectivity index (χ3n) is 6.54. The largest absolute Gasteiger partial charge is 0.352 e. The summed E-state index contributed by atoms with van der Waals surface area (Å²) in [5.74, 6) is -0.505. The molecule has 0 heterocycles. The van der Waals surface area contributed by atoms with Gasteiger partial charge in [0.15, 0.2) is 0 Å². The summed E-state index contributed by atoms with van der Waals surface area (Å²) in [5, 5.41) is 3.47. The summed E-state index contributed by atoms with van der Waals surface area (Å²) in [4.78, 5) is 28.9. The van der Waals surface area contributed by atoms with Crippen molar-refractivity contribution in [1.82, 2.24) is 10.2 Å². The number of rotatable bonds is 13. The summed E-state index contributed by atoms with van der Waals surface area (Å²) >= 11 is 6.47. The smallest absolute Gasteiger partial charge is 0.243 e. The number of aryl methyl sites for hydroxylation is 1. The number of nitrogens with zero attached hydrogens (tertiary/aromatic N) is 2. The van der Waals surface area contributed by atoms with Gasteiger partial charge >= 0.3 is 0 Å².